The summed E-state index contributed by atoms with van der Waals surface area (Å²) >= 11 is 0. The maximum absolute atomic E-state index is 12.2. The first-order valence-electron chi connectivity index (χ1n) is 8.53. The molecule has 0 aliphatic carbocycles. The number of carbonyl (C=O) groups excluding carboxylic acids is 2. The molecule has 0 saturated carbocycles. The van der Waals surface area contributed by atoms with Gasteiger partial charge in [0, 0.05) is 11.8 Å². The SMILES string of the molecule is Cc1cccc(OCC(=O)O[C@@H](C)C(=O)Nc2ccc3c(c2)OCO3)c1C. The van der Waals surface area contributed by atoms with E-state index in [2.05, 4.69) is 5.32 Å². The highest BCUT2D eigenvalue weighted by molar-refractivity contribution is 5.95. The smallest absolute Gasteiger partial charge is 0.344 e. The number of nitrogens with one attached hydrogen (secondary N) is 1. The van der Waals surface area contributed by atoms with Crippen LogP contribution in [0.25, 0.3) is 0 Å². The quantitative estimate of drug-likeness (QED) is 0.786. The molecule has 0 bridgehead atoms. The Morgan fingerprint density at radius 2 is 1.93 bits per heavy atom. The topological polar surface area (TPSA) is 83.1 Å². The molecule has 7 nitrogen and oxygen atoms in total. The molecule has 7 heteroatoms. The Morgan fingerprint density at radius 3 is 2.74 bits per heavy atom. The van der Waals surface area contributed by atoms with E-state index in [4.69, 9.17) is 18.9 Å². The first-order chi connectivity index (χ1) is 12.9. The molecule has 3 rings (SSSR count). The van der Waals surface area contributed by atoms with Crippen LogP contribution in [-0.2, 0) is 14.3 Å². The van der Waals surface area contributed by atoms with Crippen molar-refractivity contribution in [2.75, 3.05) is 18.7 Å². The lowest BCUT2D eigenvalue weighted by Gasteiger charge is -2.15. The number of fused-ring (bicyclic) bond motifs is 1. The van der Waals surface area contributed by atoms with Crippen molar-refractivity contribution < 1.29 is 28.5 Å². The van der Waals surface area contributed by atoms with Crippen LogP contribution < -0.4 is 19.5 Å². The number of benzene rings is 2. The summed E-state index contributed by atoms with van der Waals surface area (Å²) in [6, 6.07) is 10.6. The zero-order valence-corrected chi connectivity index (χ0v) is 15.4. The fourth-order valence-corrected chi connectivity index (χ4v) is 2.52. The van der Waals surface area contributed by atoms with Crippen molar-refractivity contribution in [2.45, 2.75) is 26.9 Å². The van der Waals surface area contributed by atoms with Gasteiger partial charge in [-0.05, 0) is 50.1 Å². The van der Waals surface area contributed by atoms with Gasteiger partial charge in [-0.3, -0.25) is 4.79 Å². The number of aryl methyl sites for hydroxylation is 1. The minimum absolute atomic E-state index is 0.154. The molecule has 1 aliphatic heterocycles. The molecule has 2 aromatic rings. The van der Waals surface area contributed by atoms with E-state index in [9.17, 15) is 9.59 Å². The molecule has 0 aromatic heterocycles. The van der Waals surface area contributed by atoms with Gasteiger partial charge < -0.3 is 24.3 Å². The zero-order valence-electron chi connectivity index (χ0n) is 15.4. The van der Waals surface area contributed by atoms with Gasteiger partial charge in [-0.2, -0.15) is 0 Å². The van der Waals surface area contributed by atoms with Gasteiger partial charge in [0.2, 0.25) is 6.79 Å². The highest BCUT2D eigenvalue weighted by Gasteiger charge is 2.20. The average Bonchev–Trinajstić information content (AvgIpc) is 3.10. The van der Waals surface area contributed by atoms with Crippen LogP contribution in [0, 0.1) is 13.8 Å². The second-order valence-corrected chi connectivity index (χ2v) is 6.18. The molecule has 0 spiro atoms. The van der Waals surface area contributed by atoms with Crippen molar-refractivity contribution in [1.82, 2.24) is 0 Å². The first-order valence-corrected chi connectivity index (χ1v) is 8.53. The molecule has 0 radical (unpaired) electrons. The summed E-state index contributed by atoms with van der Waals surface area (Å²) in [5.41, 5.74) is 2.55. The van der Waals surface area contributed by atoms with E-state index < -0.39 is 18.0 Å². The largest absolute Gasteiger partial charge is 0.482 e. The Hall–Kier alpha value is -3.22. The zero-order chi connectivity index (χ0) is 19.4. The van der Waals surface area contributed by atoms with E-state index in [1.54, 1.807) is 24.3 Å². The Kier molecular flexibility index (Phi) is 5.49. The molecule has 0 unspecified atom stereocenters. The minimum atomic E-state index is -0.967. The first kappa shape index (κ1) is 18.6. The van der Waals surface area contributed by atoms with Crippen molar-refractivity contribution in [3.05, 3.63) is 47.5 Å². The third kappa shape index (κ3) is 4.49. The van der Waals surface area contributed by atoms with E-state index in [1.807, 2.05) is 26.0 Å². The van der Waals surface area contributed by atoms with Crippen molar-refractivity contribution in [2.24, 2.45) is 0 Å². The van der Waals surface area contributed by atoms with Crippen LogP contribution in [0.2, 0.25) is 0 Å². The number of ether oxygens (including phenoxy) is 4. The summed E-state index contributed by atoms with van der Waals surface area (Å²) in [6.45, 7) is 5.26. The van der Waals surface area contributed by atoms with Crippen LogP contribution in [0.15, 0.2) is 36.4 Å². The number of hydrogen-bond donors (Lipinski definition) is 1. The third-order valence-corrected chi connectivity index (χ3v) is 4.22. The van der Waals surface area contributed by atoms with Crippen LogP contribution in [0.3, 0.4) is 0 Å². The molecule has 27 heavy (non-hydrogen) atoms. The van der Waals surface area contributed by atoms with Gasteiger partial charge in [0.05, 0.1) is 0 Å². The van der Waals surface area contributed by atoms with Gasteiger partial charge in [-0.15, -0.1) is 0 Å². The fraction of sp³-hybridized carbons (Fsp3) is 0.300. The van der Waals surface area contributed by atoms with Crippen LogP contribution >= 0.6 is 0 Å². The van der Waals surface area contributed by atoms with Crippen molar-refractivity contribution in [1.29, 1.82) is 0 Å². The van der Waals surface area contributed by atoms with Crippen LogP contribution in [0.1, 0.15) is 18.1 Å². The number of amides is 1. The molecule has 1 heterocycles. The summed E-state index contributed by atoms with van der Waals surface area (Å²) in [7, 11) is 0. The molecular formula is C20H21NO6. The maximum atomic E-state index is 12.2. The minimum Gasteiger partial charge on any atom is -0.482 e. The molecule has 0 fully saturated rings. The Morgan fingerprint density at radius 1 is 1.15 bits per heavy atom. The van der Waals surface area contributed by atoms with Crippen molar-refractivity contribution in [3.63, 3.8) is 0 Å². The van der Waals surface area contributed by atoms with Gasteiger partial charge in [0.1, 0.15) is 5.75 Å². The number of anilines is 1. The van der Waals surface area contributed by atoms with Gasteiger partial charge in [-0.1, -0.05) is 12.1 Å². The van der Waals surface area contributed by atoms with Gasteiger partial charge in [-0.25, -0.2) is 4.79 Å². The standard InChI is InChI=1S/C20H21NO6/c1-12-5-4-6-16(13(12)2)24-10-19(22)27-14(3)20(23)21-15-7-8-17-18(9-15)26-11-25-17/h4-9,14H,10-11H2,1-3H3,(H,21,23)/t14-/m0/s1. The number of esters is 1. The lowest BCUT2D eigenvalue weighted by Crippen LogP contribution is -2.31. The fourth-order valence-electron chi connectivity index (χ4n) is 2.52. The molecule has 142 valence electrons. The number of hydrogen-bond acceptors (Lipinski definition) is 6. The monoisotopic (exact) mass is 371 g/mol. The molecule has 1 aliphatic rings. The van der Waals surface area contributed by atoms with Crippen LogP contribution in [0.4, 0.5) is 5.69 Å². The van der Waals surface area contributed by atoms with Gasteiger partial charge in [0.25, 0.3) is 5.91 Å². The Bertz CT molecular complexity index is 864. The van der Waals surface area contributed by atoms with Crippen LogP contribution in [-0.4, -0.2) is 31.4 Å². The summed E-state index contributed by atoms with van der Waals surface area (Å²) in [4.78, 5) is 24.2. The maximum Gasteiger partial charge on any atom is 0.344 e. The summed E-state index contributed by atoms with van der Waals surface area (Å²) in [5.74, 6) is 0.720. The number of carbonyl (C=O) groups is 2. The van der Waals surface area contributed by atoms with Gasteiger partial charge in [0.15, 0.2) is 24.2 Å². The second kappa shape index (κ2) is 7.99. The van der Waals surface area contributed by atoms with E-state index in [0.717, 1.165) is 11.1 Å². The molecule has 0 saturated heterocycles. The summed E-state index contributed by atoms with van der Waals surface area (Å²) in [6.07, 6.45) is -0.967. The second-order valence-electron chi connectivity index (χ2n) is 6.18. The highest BCUT2D eigenvalue weighted by atomic mass is 16.7. The summed E-state index contributed by atoms with van der Waals surface area (Å²) < 4.78 is 21.1. The molecule has 2 aromatic carbocycles. The normalized spacial score (nSPS) is 13.0. The van der Waals surface area contributed by atoms with E-state index >= 15 is 0 Å². The Balaban J connectivity index is 1.50. The Labute approximate surface area is 157 Å². The van der Waals surface area contributed by atoms with Gasteiger partial charge >= 0.3 is 5.97 Å². The molecular weight excluding hydrogens is 350 g/mol. The molecule has 1 atom stereocenters. The van der Waals surface area contributed by atoms with Crippen molar-refractivity contribution in [3.8, 4) is 17.2 Å². The lowest BCUT2D eigenvalue weighted by molar-refractivity contribution is -0.155. The van der Waals surface area contributed by atoms with E-state index in [1.165, 1.54) is 6.92 Å². The predicted octanol–water partition coefficient (Wildman–Crippen LogP) is 2.98. The molecule has 1 N–H and O–H groups in total. The van der Waals surface area contributed by atoms with E-state index in [-0.39, 0.29) is 13.4 Å². The van der Waals surface area contributed by atoms with Crippen molar-refractivity contribution >= 4 is 17.6 Å². The summed E-state index contributed by atoms with van der Waals surface area (Å²) in [5, 5.41) is 2.67. The predicted molar refractivity (Wildman–Crippen MR) is 98.2 cm³/mol. The lowest BCUT2D eigenvalue weighted by atomic mass is 10.1. The van der Waals surface area contributed by atoms with E-state index in [0.29, 0.717) is 22.9 Å². The molecule has 1 amide bonds. The van der Waals surface area contributed by atoms with Crippen LogP contribution in [0.5, 0.6) is 17.2 Å². The highest BCUT2D eigenvalue weighted by Crippen LogP contribution is 2.34. The average molecular weight is 371 g/mol. The number of rotatable bonds is 6. The third-order valence-electron chi connectivity index (χ3n) is 4.22.